The molecule has 1 aliphatic heterocycles. The van der Waals surface area contributed by atoms with Gasteiger partial charge in [-0.1, -0.05) is 37.9 Å². The molecule has 0 saturated carbocycles. The molecule has 1 heterocycles. The van der Waals surface area contributed by atoms with Crippen molar-refractivity contribution in [1.29, 1.82) is 0 Å². The minimum Gasteiger partial charge on any atom is -0.492 e. The molecule has 2 nitrogen and oxygen atoms in total. The van der Waals surface area contributed by atoms with Crippen molar-refractivity contribution in [2.45, 2.75) is 12.8 Å². The molecular formula is C14H19Br2NO. The molecule has 1 fully saturated rings. The van der Waals surface area contributed by atoms with Crippen LogP contribution in [0.1, 0.15) is 12.8 Å². The number of benzene rings is 1. The number of nitrogens with zero attached hydrogens (tertiary/aromatic N) is 1. The van der Waals surface area contributed by atoms with Crippen molar-refractivity contribution in [1.82, 2.24) is 4.90 Å². The van der Waals surface area contributed by atoms with Gasteiger partial charge in [0.05, 0.1) is 0 Å². The van der Waals surface area contributed by atoms with Crippen LogP contribution in [0.25, 0.3) is 0 Å². The third kappa shape index (κ3) is 4.56. The minimum atomic E-state index is 0.769. The van der Waals surface area contributed by atoms with E-state index >= 15 is 0 Å². The Kier molecular flexibility index (Phi) is 5.99. The van der Waals surface area contributed by atoms with E-state index < -0.39 is 0 Å². The molecule has 0 aliphatic carbocycles. The molecule has 0 bridgehead atoms. The lowest BCUT2D eigenvalue weighted by molar-refractivity contribution is 0.155. The number of rotatable bonds is 5. The highest BCUT2D eigenvalue weighted by Gasteiger charge is 2.18. The highest BCUT2D eigenvalue weighted by Crippen LogP contribution is 2.19. The quantitative estimate of drug-likeness (QED) is 0.721. The Labute approximate surface area is 126 Å². The normalized spacial score (nSPS) is 20.9. The van der Waals surface area contributed by atoms with E-state index in [0.29, 0.717) is 0 Å². The summed E-state index contributed by atoms with van der Waals surface area (Å²) >= 11 is 7.04. The van der Waals surface area contributed by atoms with E-state index in [4.69, 9.17) is 4.74 Å². The molecule has 1 aliphatic rings. The number of piperidine rings is 1. The monoisotopic (exact) mass is 375 g/mol. The minimum absolute atomic E-state index is 0.769. The molecule has 2 rings (SSSR count). The molecule has 1 aromatic carbocycles. The van der Waals surface area contributed by atoms with E-state index in [-0.39, 0.29) is 0 Å². The van der Waals surface area contributed by atoms with Crippen molar-refractivity contribution in [3.63, 3.8) is 0 Å². The lowest BCUT2D eigenvalue weighted by Gasteiger charge is -2.31. The van der Waals surface area contributed by atoms with Crippen LogP contribution in [-0.4, -0.2) is 36.5 Å². The Morgan fingerprint density at radius 2 is 2.28 bits per heavy atom. The predicted molar refractivity (Wildman–Crippen MR) is 82.6 cm³/mol. The number of ether oxygens (including phenoxy) is 1. The van der Waals surface area contributed by atoms with Gasteiger partial charge in [-0.3, -0.25) is 4.90 Å². The van der Waals surface area contributed by atoms with Gasteiger partial charge in [-0.25, -0.2) is 0 Å². The summed E-state index contributed by atoms with van der Waals surface area (Å²) in [4.78, 5) is 2.51. The van der Waals surface area contributed by atoms with Crippen LogP contribution >= 0.6 is 31.9 Å². The zero-order valence-electron chi connectivity index (χ0n) is 10.4. The van der Waals surface area contributed by atoms with Crippen molar-refractivity contribution in [2.75, 3.05) is 31.6 Å². The fraction of sp³-hybridized carbons (Fsp3) is 0.571. The highest BCUT2D eigenvalue weighted by atomic mass is 79.9. The maximum absolute atomic E-state index is 5.78. The summed E-state index contributed by atoms with van der Waals surface area (Å²) in [5, 5.41) is 1.12. The number of alkyl halides is 1. The van der Waals surface area contributed by atoms with Gasteiger partial charge in [0.25, 0.3) is 0 Å². The first-order chi connectivity index (χ1) is 8.78. The van der Waals surface area contributed by atoms with Crippen molar-refractivity contribution in [2.24, 2.45) is 5.92 Å². The fourth-order valence-corrected chi connectivity index (χ4v) is 3.24. The van der Waals surface area contributed by atoms with Crippen LogP contribution in [0, 0.1) is 5.92 Å². The third-order valence-corrected chi connectivity index (χ3v) is 4.70. The van der Waals surface area contributed by atoms with Gasteiger partial charge >= 0.3 is 0 Å². The third-order valence-electron chi connectivity index (χ3n) is 3.29. The summed E-state index contributed by atoms with van der Waals surface area (Å²) in [5.74, 6) is 1.75. The largest absolute Gasteiger partial charge is 0.492 e. The van der Waals surface area contributed by atoms with Gasteiger partial charge in [0, 0.05) is 22.9 Å². The average Bonchev–Trinajstić information content (AvgIpc) is 2.39. The van der Waals surface area contributed by atoms with Crippen molar-refractivity contribution in [3.8, 4) is 5.75 Å². The topological polar surface area (TPSA) is 12.5 Å². The molecule has 1 atom stereocenters. The van der Waals surface area contributed by atoms with E-state index in [0.717, 1.165) is 34.6 Å². The number of hydrogen-bond donors (Lipinski definition) is 0. The summed E-state index contributed by atoms with van der Waals surface area (Å²) in [5.41, 5.74) is 0. The summed E-state index contributed by atoms with van der Waals surface area (Å²) < 4.78 is 6.84. The molecule has 1 aromatic rings. The van der Waals surface area contributed by atoms with Crippen molar-refractivity contribution in [3.05, 3.63) is 28.7 Å². The van der Waals surface area contributed by atoms with Gasteiger partial charge in [0.2, 0.25) is 0 Å². The van der Waals surface area contributed by atoms with Crippen molar-refractivity contribution >= 4 is 31.9 Å². The smallest absolute Gasteiger partial charge is 0.120 e. The maximum Gasteiger partial charge on any atom is 0.120 e. The molecule has 0 radical (unpaired) electrons. The first-order valence-electron chi connectivity index (χ1n) is 6.44. The Balaban J connectivity index is 1.72. The van der Waals surface area contributed by atoms with Crippen LogP contribution < -0.4 is 4.74 Å². The Morgan fingerprint density at radius 3 is 3.06 bits per heavy atom. The SMILES string of the molecule is BrCC1CCCN(CCOc2cccc(Br)c2)C1. The lowest BCUT2D eigenvalue weighted by atomic mass is 10.0. The molecule has 100 valence electrons. The summed E-state index contributed by atoms with van der Waals surface area (Å²) in [6.07, 6.45) is 2.67. The average molecular weight is 377 g/mol. The van der Waals surface area contributed by atoms with Crippen LogP contribution in [0.15, 0.2) is 28.7 Å². The molecular weight excluding hydrogens is 358 g/mol. The van der Waals surface area contributed by atoms with Crippen LogP contribution in [-0.2, 0) is 0 Å². The first kappa shape index (κ1) is 14.4. The van der Waals surface area contributed by atoms with Crippen molar-refractivity contribution < 1.29 is 4.74 Å². The van der Waals surface area contributed by atoms with E-state index in [1.165, 1.54) is 25.9 Å². The van der Waals surface area contributed by atoms with Gasteiger partial charge in [-0.05, 0) is 43.5 Å². The van der Waals surface area contributed by atoms with Crippen LogP contribution in [0.2, 0.25) is 0 Å². The second-order valence-electron chi connectivity index (χ2n) is 4.77. The molecule has 4 heteroatoms. The van der Waals surface area contributed by atoms with Crippen LogP contribution in [0.3, 0.4) is 0 Å². The molecule has 0 N–H and O–H groups in total. The Bertz CT molecular complexity index is 373. The van der Waals surface area contributed by atoms with E-state index in [1.54, 1.807) is 0 Å². The fourth-order valence-electron chi connectivity index (χ4n) is 2.33. The Morgan fingerprint density at radius 1 is 1.39 bits per heavy atom. The second-order valence-corrected chi connectivity index (χ2v) is 6.33. The van der Waals surface area contributed by atoms with E-state index in [9.17, 15) is 0 Å². The summed E-state index contributed by atoms with van der Waals surface area (Å²) in [6, 6.07) is 8.03. The van der Waals surface area contributed by atoms with Gasteiger partial charge in [0.1, 0.15) is 12.4 Å². The first-order valence-corrected chi connectivity index (χ1v) is 8.36. The number of halogens is 2. The van der Waals surface area contributed by atoms with Gasteiger partial charge in [-0.15, -0.1) is 0 Å². The molecule has 0 aromatic heterocycles. The second kappa shape index (κ2) is 7.51. The summed E-state index contributed by atoms with van der Waals surface area (Å²) in [7, 11) is 0. The molecule has 0 spiro atoms. The summed E-state index contributed by atoms with van der Waals surface area (Å²) in [6.45, 7) is 4.21. The zero-order valence-corrected chi connectivity index (χ0v) is 13.6. The zero-order chi connectivity index (χ0) is 12.8. The molecule has 1 saturated heterocycles. The van der Waals surface area contributed by atoms with Crippen LogP contribution in [0.5, 0.6) is 5.75 Å². The van der Waals surface area contributed by atoms with E-state index in [1.807, 2.05) is 24.3 Å². The molecule has 1 unspecified atom stereocenters. The molecule has 0 amide bonds. The number of hydrogen-bond acceptors (Lipinski definition) is 2. The van der Waals surface area contributed by atoms with E-state index in [2.05, 4.69) is 36.8 Å². The van der Waals surface area contributed by atoms with Gasteiger partial charge in [0.15, 0.2) is 0 Å². The molecule has 18 heavy (non-hydrogen) atoms. The Hall–Kier alpha value is -0.0600. The predicted octanol–water partition coefficient (Wildman–Crippen LogP) is 3.93. The lowest BCUT2D eigenvalue weighted by Crippen LogP contribution is -2.38. The van der Waals surface area contributed by atoms with Crippen LogP contribution in [0.4, 0.5) is 0 Å². The standard InChI is InChI=1S/C14H19Br2NO/c15-10-12-3-2-6-17(11-12)7-8-18-14-5-1-4-13(16)9-14/h1,4-5,9,12H,2-3,6-8,10-11H2. The number of likely N-dealkylation sites (tertiary alicyclic amines) is 1. The highest BCUT2D eigenvalue weighted by molar-refractivity contribution is 9.10. The maximum atomic E-state index is 5.78. The van der Waals surface area contributed by atoms with Gasteiger partial charge in [-0.2, -0.15) is 0 Å². The van der Waals surface area contributed by atoms with Gasteiger partial charge < -0.3 is 4.74 Å².